The first kappa shape index (κ1) is 21.4. The van der Waals surface area contributed by atoms with Crippen molar-refractivity contribution < 1.29 is 14.3 Å². The summed E-state index contributed by atoms with van der Waals surface area (Å²) in [7, 11) is 0. The number of hydrogen-bond acceptors (Lipinski definition) is 4. The first-order chi connectivity index (χ1) is 13.8. The zero-order valence-corrected chi connectivity index (χ0v) is 18.4. The summed E-state index contributed by atoms with van der Waals surface area (Å²) in [4.78, 5) is 30.1. The van der Waals surface area contributed by atoms with E-state index in [0.717, 1.165) is 30.8 Å². The van der Waals surface area contributed by atoms with Crippen molar-refractivity contribution in [3.05, 3.63) is 35.5 Å². The number of nitrogens with zero attached hydrogens (tertiary/aromatic N) is 2. The van der Waals surface area contributed by atoms with Crippen LogP contribution in [0.15, 0.2) is 30.0 Å². The number of carbonyl (C=O) groups excluding carboxylic acids is 2. The second kappa shape index (κ2) is 9.02. The molecule has 0 aliphatic carbocycles. The zero-order valence-electron chi connectivity index (χ0n) is 18.4. The Kier molecular flexibility index (Phi) is 6.66. The Balaban J connectivity index is 1.95. The summed E-state index contributed by atoms with van der Waals surface area (Å²) in [6.07, 6.45) is 2.21. The minimum absolute atomic E-state index is 0.145. The highest BCUT2D eigenvalue weighted by Crippen LogP contribution is 2.35. The van der Waals surface area contributed by atoms with E-state index in [4.69, 9.17) is 4.74 Å². The van der Waals surface area contributed by atoms with Crippen molar-refractivity contribution >= 4 is 17.4 Å². The van der Waals surface area contributed by atoms with Crippen LogP contribution in [0.4, 0.5) is 0 Å². The molecule has 1 unspecified atom stereocenters. The zero-order chi connectivity index (χ0) is 21.1. The molecule has 1 saturated heterocycles. The standard InChI is InChI=1S/C24H34N2O3/c1-16(2)13-26-23(27)21(19-8-10-20(11-9-19)29-15-17(3)4)22(24(26)28)25-12-6-7-18(5)14-25/h8-11,16-18H,6-7,12-15H2,1-5H3. The Labute approximate surface area is 174 Å². The quantitative estimate of drug-likeness (QED) is 0.646. The van der Waals surface area contributed by atoms with Gasteiger partial charge in [0.15, 0.2) is 0 Å². The molecule has 0 aromatic heterocycles. The van der Waals surface area contributed by atoms with E-state index in [9.17, 15) is 9.59 Å². The molecule has 2 aliphatic heterocycles. The Hall–Kier alpha value is -2.30. The number of rotatable bonds is 7. The highest BCUT2D eigenvalue weighted by molar-refractivity contribution is 6.35. The molecule has 1 atom stereocenters. The summed E-state index contributed by atoms with van der Waals surface area (Å²) in [6, 6.07) is 7.60. The molecule has 158 valence electrons. The fourth-order valence-corrected chi connectivity index (χ4v) is 4.02. The van der Waals surface area contributed by atoms with E-state index in [-0.39, 0.29) is 17.7 Å². The van der Waals surface area contributed by atoms with Crippen molar-refractivity contribution in [3.8, 4) is 5.75 Å². The minimum atomic E-state index is -0.173. The van der Waals surface area contributed by atoms with E-state index in [2.05, 4.69) is 25.7 Å². The summed E-state index contributed by atoms with van der Waals surface area (Å²) in [5.74, 6) is 1.67. The van der Waals surface area contributed by atoms with Crippen molar-refractivity contribution in [1.82, 2.24) is 9.80 Å². The molecule has 5 heteroatoms. The molecule has 1 aromatic carbocycles. The lowest BCUT2D eigenvalue weighted by molar-refractivity contribution is -0.138. The Morgan fingerprint density at radius 2 is 1.72 bits per heavy atom. The van der Waals surface area contributed by atoms with Gasteiger partial charge in [0.25, 0.3) is 11.8 Å². The number of imide groups is 1. The SMILES string of the molecule is CC(C)COc1ccc(C2=C(N3CCCC(C)C3)C(=O)N(CC(C)C)C2=O)cc1. The third-order valence-corrected chi connectivity index (χ3v) is 5.39. The number of ether oxygens (including phenoxy) is 1. The molecule has 0 saturated carbocycles. The number of benzene rings is 1. The predicted molar refractivity (Wildman–Crippen MR) is 115 cm³/mol. The van der Waals surface area contributed by atoms with Gasteiger partial charge in [-0.2, -0.15) is 0 Å². The molecule has 2 aliphatic rings. The second-order valence-corrected chi connectivity index (χ2v) is 9.26. The maximum atomic E-state index is 13.3. The van der Waals surface area contributed by atoms with Gasteiger partial charge in [-0.25, -0.2) is 0 Å². The molecule has 2 amide bonds. The van der Waals surface area contributed by atoms with Crippen LogP contribution in [0.1, 0.15) is 53.0 Å². The third kappa shape index (κ3) is 4.82. The third-order valence-electron chi connectivity index (χ3n) is 5.39. The van der Waals surface area contributed by atoms with Gasteiger partial charge in [0, 0.05) is 19.6 Å². The summed E-state index contributed by atoms with van der Waals surface area (Å²) in [5, 5.41) is 0. The molecule has 2 heterocycles. The average molecular weight is 399 g/mol. The number of piperidine rings is 1. The van der Waals surface area contributed by atoms with E-state index < -0.39 is 0 Å². The Bertz CT molecular complexity index is 780. The van der Waals surface area contributed by atoms with Gasteiger partial charge in [-0.15, -0.1) is 0 Å². The molecule has 0 radical (unpaired) electrons. The van der Waals surface area contributed by atoms with E-state index >= 15 is 0 Å². The van der Waals surface area contributed by atoms with Gasteiger partial charge in [0.1, 0.15) is 11.4 Å². The van der Waals surface area contributed by atoms with E-state index in [1.807, 2.05) is 38.1 Å². The lowest BCUT2D eigenvalue weighted by atomic mass is 9.97. The van der Waals surface area contributed by atoms with Gasteiger partial charge in [0.05, 0.1) is 12.2 Å². The van der Waals surface area contributed by atoms with Crippen LogP contribution in [-0.2, 0) is 9.59 Å². The number of hydrogen-bond donors (Lipinski definition) is 0. The smallest absolute Gasteiger partial charge is 0.277 e. The van der Waals surface area contributed by atoms with Gasteiger partial charge in [-0.1, -0.05) is 46.8 Å². The Morgan fingerprint density at radius 3 is 2.31 bits per heavy atom. The van der Waals surface area contributed by atoms with Crippen molar-refractivity contribution in [2.24, 2.45) is 17.8 Å². The maximum absolute atomic E-state index is 13.3. The van der Waals surface area contributed by atoms with Gasteiger partial charge in [0.2, 0.25) is 0 Å². The number of carbonyl (C=O) groups is 2. The van der Waals surface area contributed by atoms with Crippen LogP contribution in [0.5, 0.6) is 5.75 Å². The molecule has 0 spiro atoms. The highest BCUT2D eigenvalue weighted by Gasteiger charge is 2.42. The van der Waals surface area contributed by atoms with Crippen LogP contribution in [0, 0.1) is 17.8 Å². The van der Waals surface area contributed by atoms with Crippen LogP contribution in [-0.4, -0.2) is 47.9 Å². The number of amides is 2. The first-order valence-corrected chi connectivity index (χ1v) is 10.9. The Morgan fingerprint density at radius 1 is 1.03 bits per heavy atom. The molecule has 1 aromatic rings. The summed E-state index contributed by atoms with van der Waals surface area (Å²) < 4.78 is 5.78. The van der Waals surface area contributed by atoms with Gasteiger partial charge >= 0.3 is 0 Å². The van der Waals surface area contributed by atoms with Crippen molar-refractivity contribution in [3.63, 3.8) is 0 Å². The summed E-state index contributed by atoms with van der Waals surface area (Å²) >= 11 is 0. The fourth-order valence-electron chi connectivity index (χ4n) is 4.02. The lowest BCUT2D eigenvalue weighted by Gasteiger charge is -2.33. The monoisotopic (exact) mass is 398 g/mol. The number of likely N-dealkylation sites (tertiary alicyclic amines) is 1. The van der Waals surface area contributed by atoms with Crippen molar-refractivity contribution in [2.75, 3.05) is 26.2 Å². The van der Waals surface area contributed by atoms with Gasteiger partial charge in [-0.3, -0.25) is 14.5 Å². The molecule has 0 bridgehead atoms. The lowest BCUT2D eigenvalue weighted by Crippen LogP contribution is -2.40. The van der Waals surface area contributed by atoms with E-state index in [1.165, 1.54) is 11.3 Å². The second-order valence-electron chi connectivity index (χ2n) is 9.26. The van der Waals surface area contributed by atoms with Crippen molar-refractivity contribution in [1.29, 1.82) is 0 Å². The minimum Gasteiger partial charge on any atom is -0.493 e. The molecular weight excluding hydrogens is 364 g/mol. The summed E-state index contributed by atoms with van der Waals surface area (Å²) in [5.41, 5.74) is 1.91. The largest absolute Gasteiger partial charge is 0.493 e. The average Bonchev–Trinajstić information content (AvgIpc) is 2.91. The first-order valence-electron chi connectivity index (χ1n) is 10.9. The molecule has 3 rings (SSSR count). The maximum Gasteiger partial charge on any atom is 0.277 e. The molecular formula is C24H34N2O3. The topological polar surface area (TPSA) is 49.9 Å². The molecule has 29 heavy (non-hydrogen) atoms. The van der Waals surface area contributed by atoms with Crippen LogP contribution in [0.3, 0.4) is 0 Å². The van der Waals surface area contributed by atoms with Gasteiger partial charge in [-0.05, 0) is 48.3 Å². The molecule has 0 N–H and O–H groups in total. The molecule has 5 nitrogen and oxygen atoms in total. The summed E-state index contributed by atoms with van der Waals surface area (Å²) in [6.45, 7) is 13.2. The van der Waals surface area contributed by atoms with E-state index in [1.54, 1.807) is 0 Å². The molecule has 1 fully saturated rings. The van der Waals surface area contributed by atoms with Crippen molar-refractivity contribution in [2.45, 2.75) is 47.5 Å². The fraction of sp³-hybridized carbons (Fsp3) is 0.583. The van der Waals surface area contributed by atoms with Crippen LogP contribution in [0.25, 0.3) is 5.57 Å². The van der Waals surface area contributed by atoms with E-state index in [0.29, 0.717) is 36.3 Å². The van der Waals surface area contributed by atoms with Crippen LogP contribution in [0.2, 0.25) is 0 Å². The predicted octanol–water partition coefficient (Wildman–Crippen LogP) is 4.19. The van der Waals surface area contributed by atoms with Gasteiger partial charge < -0.3 is 9.64 Å². The highest BCUT2D eigenvalue weighted by atomic mass is 16.5. The van der Waals surface area contributed by atoms with Crippen LogP contribution < -0.4 is 4.74 Å². The normalized spacial score (nSPS) is 20.4. The van der Waals surface area contributed by atoms with Crippen LogP contribution >= 0.6 is 0 Å².